The first-order valence-corrected chi connectivity index (χ1v) is 4.99. The number of pyridine rings is 1. The van der Waals surface area contributed by atoms with Crippen LogP contribution in [0.4, 0.5) is 13.2 Å². The zero-order valence-corrected chi connectivity index (χ0v) is 9.03. The Balaban J connectivity index is 2.41. The molecule has 0 radical (unpaired) electrons. The Kier molecular flexibility index (Phi) is 3.06. The van der Waals surface area contributed by atoms with Crippen molar-refractivity contribution in [2.24, 2.45) is 0 Å². The molecular formula is C12H7F3N2O. The molecule has 0 saturated heterocycles. The molecule has 0 aliphatic heterocycles. The molecule has 3 nitrogen and oxygen atoms in total. The van der Waals surface area contributed by atoms with Crippen LogP contribution >= 0.6 is 0 Å². The summed E-state index contributed by atoms with van der Waals surface area (Å²) in [4.78, 5) is 3.94. The molecule has 0 unspecified atom stereocenters. The molecule has 0 atom stereocenters. The molecule has 1 aromatic carbocycles. The monoisotopic (exact) mass is 252 g/mol. The van der Waals surface area contributed by atoms with E-state index in [1.54, 1.807) is 18.2 Å². The number of fused-ring (bicyclic) bond motifs is 1. The van der Waals surface area contributed by atoms with Crippen molar-refractivity contribution in [3.63, 3.8) is 0 Å². The number of rotatable bonds is 2. The van der Waals surface area contributed by atoms with Crippen LogP contribution in [0.25, 0.3) is 10.9 Å². The van der Waals surface area contributed by atoms with Crippen molar-refractivity contribution in [1.29, 1.82) is 5.26 Å². The van der Waals surface area contributed by atoms with Gasteiger partial charge in [0.05, 0.1) is 0 Å². The van der Waals surface area contributed by atoms with Crippen LogP contribution in [0.15, 0.2) is 30.3 Å². The average Bonchev–Trinajstić information content (AvgIpc) is 2.34. The van der Waals surface area contributed by atoms with Crippen molar-refractivity contribution in [2.75, 3.05) is 6.61 Å². The minimum Gasteiger partial charge on any atom is -0.482 e. The van der Waals surface area contributed by atoms with Crippen LogP contribution in [-0.4, -0.2) is 17.8 Å². The number of alkyl halides is 3. The maximum atomic E-state index is 12.1. The average molecular weight is 252 g/mol. The number of halogens is 3. The number of para-hydroxylation sites is 1. The van der Waals surface area contributed by atoms with Crippen LogP contribution in [0.3, 0.4) is 0 Å². The van der Waals surface area contributed by atoms with Gasteiger partial charge < -0.3 is 4.74 Å². The van der Waals surface area contributed by atoms with Crippen molar-refractivity contribution in [2.45, 2.75) is 6.18 Å². The second-order valence-electron chi connectivity index (χ2n) is 3.54. The molecule has 0 fully saturated rings. The van der Waals surface area contributed by atoms with Crippen molar-refractivity contribution in [3.8, 4) is 11.8 Å². The SMILES string of the molecule is N#Cc1ccc2cccc(OCC(F)(F)F)c2n1. The second-order valence-corrected chi connectivity index (χ2v) is 3.54. The standard InChI is InChI=1S/C12H7F3N2O/c13-12(14,15)7-18-10-3-1-2-8-4-5-9(6-16)17-11(8)10/h1-5H,7H2. The van der Waals surface area contributed by atoms with E-state index in [2.05, 4.69) is 9.72 Å². The summed E-state index contributed by atoms with van der Waals surface area (Å²) in [5, 5.41) is 9.33. The van der Waals surface area contributed by atoms with Gasteiger partial charge in [-0.05, 0) is 18.2 Å². The Morgan fingerprint density at radius 1 is 1.22 bits per heavy atom. The van der Waals surface area contributed by atoms with Crippen molar-refractivity contribution >= 4 is 10.9 Å². The van der Waals surface area contributed by atoms with Gasteiger partial charge in [0.2, 0.25) is 0 Å². The lowest BCUT2D eigenvalue weighted by molar-refractivity contribution is -0.153. The second kappa shape index (κ2) is 4.53. The molecule has 0 bridgehead atoms. The van der Waals surface area contributed by atoms with E-state index in [1.165, 1.54) is 12.1 Å². The summed E-state index contributed by atoms with van der Waals surface area (Å²) in [6.07, 6.45) is -4.41. The zero-order chi connectivity index (χ0) is 13.2. The Morgan fingerprint density at radius 3 is 2.67 bits per heavy atom. The van der Waals surface area contributed by atoms with Crippen molar-refractivity contribution < 1.29 is 17.9 Å². The highest BCUT2D eigenvalue weighted by atomic mass is 19.4. The van der Waals surface area contributed by atoms with E-state index in [1.807, 2.05) is 6.07 Å². The fraction of sp³-hybridized carbons (Fsp3) is 0.167. The normalized spacial score (nSPS) is 11.2. The van der Waals surface area contributed by atoms with E-state index in [-0.39, 0.29) is 17.0 Å². The maximum absolute atomic E-state index is 12.1. The first-order valence-electron chi connectivity index (χ1n) is 4.99. The summed E-state index contributed by atoms with van der Waals surface area (Å²) in [6, 6.07) is 9.58. The number of hydrogen-bond donors (Lipinski definition) is 0. The third-order valence-corrected chi connectivity index (χ3v) is 2.19. The highest BCUT2D eigenvalue weighted by Gasteiger charge is 2.28. The van der Waals surface area contributed by atoms with Crippen molar-refractivity contribution in [3.05, 3.63) is 36.0 Å². The molecule has 18 heavy (non-hydrogen) atoms. The number of hydrogen-bond acceptors (Lipinski definition) is 3. The van der Waals surface area contributed by atoms with Gasteiger partial charge in [0.1, 0.15) is 23.0 Å². The van der Waals surface area contributed by atoms with Crippen LogP contribution in [0.1, 0.15) is 5.69 Å². The van der Waals surface area contributed by atoms with E-state index < -0.39 is 12.8 Å². The minimum atomic E-state index is -4.41. The molecule has 0 spiro atoms. The molecule has 1 aromatic heterocycles. The lowest BCUT2D eigenvalue weighted by Crippen LogP contribution is -2.19. The van der Waals surface area contributed by atoms with Gasteiger partial charge in [-0.1, -0.05) is 12.1 Å². The van der Waals surface area contributed by atoms with E-state index >= 15 is 0 Å². The third kappa shape index (κ3) is 2.69. The molecular weight excluding hydrogens is 245 g/mol. The Bertz CT molecular complexity index is 617. The van der Waals surface area contributed by atoms with E-state index in [4.69, 9.17) is 5.26 Å². The largest absolute Gasteiger partial charge is 0.482 e. The quantitative estimate of drug-likeness (QED) is 0.825. The fourth-order valence-corrected chi connectivity index (χ4v) is 1.46. The lowest BCUT2D eigenvalue weighted by Gasteiger charge is -2.10. The van der Waals surface area contributed by atoms with Gasteiger partial charge in [-0.2, -0.15) is 18.4 Å². The Hall–Kier alpha value is -2.29. The van der Waals surface area contributed by atoms with E-state index in [0.29, 0.717) is 5.39 Å². The number of benzene rings is 1. The number of aromatic nitrogens is 1. The smallest absolute Gasteiger partial charge is 0.422 e. The van der Waals surface area contributed by atoms with Crippen LogP contribution in [-0.2, 0) is 0 Å². The van der Waals surface area contributed by atoms with Gasteiger partial charge >= 0.3 is 6.18 Å². The van der Waals surface area contributed by atoms with Gasteiger partial charge in [-0.15, -0.1) is 0 Å². The van der Waals surface area contributed by atoms with Gasteiger partial charge in [0.15, 0.2) is 6.61 Å². The van der Waals surface area contributed by atoms with Gasteiger partial charge in [-0.3, -0.25) is 0 Å². The Morgan fingerprint density at radius 2 is 2.00 bits per heavy atom. The predicted octanol–water partition coefficient (Wildman–Crippen LogP) is 3.05. The number of ether oxygens (including phenoxy) is 1. The van der Waals surface area contributed by atoms with Crippen molar-refractivity contribution in [1.82, 2.24) is 4.98 Å². The topological polar surface area (TPSA) is 45.9 Å². The first kappa shape index (κ1) is 12.2. The van der Waals surface area contributed by atoms with E-state index in [9.17, 15) is 13.2 Å². The molecule has 6 heteroatoms. The molecule has 2 rings (SSSR count). The number of nitriles is 1. The highest BCUT2D eigenvalue weighted by Crippen LogP contribution is 2.26. The minimum absolute atomic E-state index is 0.0157. The summed E-state index contributed by atoms with van der Waals surface area (Å²) in [7, 11) is 0. The highest BCUT2D eigenvalue weighted by molar-refractivity contribution is 5.84. The molecule has 1 heterocycles. The molecule has 0 N–H and O–H groups in total. The lowest BCUT2D eigenvalue weighted by atomic mass is 10.2. The van der Waals surface area contributed by atoms with Gasteiger partial charge in [0, 0.05) is 5.39 Å². The number of nitrogens with zero attached hydrogens (tertiary/aromatic N) is 2. The van der Waals surface area contributed by atoms with E-state index in [0.717, 1.165) is 0 Å². The molecule has 0 amide bonds. The summed E-state index contributed by atoms with van der Waals surface area (Å²) in [6.45, 7) is -1.38. The van der Waals surface area contributed by atoms with Crippen LogP contribution in [0.2, 0.25) is 0 Å². The molecule has 0 aliphatic rings. The molecule has 2 aromatic rings. The molecule has 0 aliphatic carbocycles. The van der Waals surface area contributed by atoms with Gasteiger partial charge in [0.25, 0.3) is 0 Å². The first-order chi connectivity index (χ1) is 8.49. The summed E-state index contributed by atoms with van der Waals surface area (Å²) >= 11 is 0. The summed E-state index contributed by atoms with van der Waals surface area (Å²) < 4.78 is 41.0. The van der Waals surface area contributed by atoms with Gasteiger partial charge in [-0.25, -0.2) is 4.98 Å². The molecule has 92 valence electrons. The van der Waals surface area contributed by atoms with Crippen LogP contribution < -0.4 is 4.74 Å². The summed E-state index contributed by atoms with van der Waals surface area (Å²) in [5.41, 5.74) is 0.381. The maximum Gasteiger partial charge on any atom is 0.422 e. The predicted molar refractivity (Wildman–Crippen MR) is 58.0 cm³/mol. The van der Waals surface area contributed by atoms with Crippen LogP contribution in [0, 0.1) is 11.3 Å². The zero-order valence-electron chi connectivity index (χ0n) is 9.03. The third-order valence-electron chi connectivity index (χ3n) is 2.19. The van der Waals surface area contributed by atoms with Crippen LogP contribution in [0.5, 0.6) is 5.75 Å². The molecule has 0 saturated carbocycles. The Labute approximate surface area is 100 Å². The fourth-order valence-electron chi connectivity index (χ4n) is 1.46. The summed E-state index contributed by atoms with van der Waals surface area (Å²) in [5.74, 6) is 0.0157.